The molecular formula is C17H22N4O3. The number of likely N-dealkylation sites (tertiary alicyclic amines) is 2. The summed E-state index contributed by atoms with van der Waals surface area (Å²) in [5, 5.41) is 18.1. The van der Waals surface area contributed by atoms with Crippen LogP contribution < -0.4 is 0 Å². The number of hydrogen-bond acceptors (Lipinski definition) is 4. The smallest absolute Gasteiger partial charge is 0.307 e. The largest absolute Gasteiger partial charge is 0.481 e. The highest BCUT2D eigenvalue weighted by atomic mass is 16.4. The van der Waals surface area contributed by atoms with Gasteiger partial charge in [0.1, 0.15) is 11.8 Å². The van der Waals surface area contributed by atoms with Crippen molar-refractivity contribution in [3.05, 3.63) is 23.5 Å². The molecular weight excluding hydrogens is 308 g/mol. The lowest BCUT2D eigenvalue weighted by Gasteiger charge is -2.41. The molecule has 0 saturated carbocycles. The van der Waals surface area contributed by atoms with Crippen molar-refractivity contribution in [1.82, 2.24) is 14.8 Å². The van der Waals surface area contributed by atoms with E-state index in [2.05, 4.69) is 9.88 Å². The van der Waals surface area contributed by atoms with Crippen LogP contribution in [0.4, 0.5) is 0 Å². The molecule has 1 atom stereocenters. The highest BCUT2D eigenvalue weighted by Crippen LogP contribution is 2.24. The summed E-state index contributed by atoms with van der Waals surface area (Å²) in [6, 6.07) is 3.95. The Morgan fingerprint density at radius 2 is 2.00 bits per heavy atom. The molecule has 2 saturated heterocycles. The molecule has 3 heterocycles. The van der Waals surface area contributed by atoms with Gasteiger partial charge in [-0.3, -0.25) is 14.5 Å². The standard InChI is InChI=1S/C17H22N4O3/c18-9-12-8-15(19-10-12)16(22)20-6-3-14(4-7-20)21-5-1-2-13(11-21)17(23)24/h8,10,13-14,19H,1-7,11H2,(H,23,24)/t13-/m0/s1. The van der Waals surface area contributed by atoms with E-state index in [1.54, 1.807) is 12.3 Å². The average molecular weight is 330 g/mol. The Morgan fingerprint density at radius 3 is 2.62 bits per heavy atom. The third kappa shape index (κ3) is 3.44. The minimum Gasteiger partial charge on any atom is -0.481 e. The van der Waals surface area contributed by atoms with E-state index in [9.17, 15) is 14.7 Å². The van der Waals surface area contributed by atoms with Crippen LogP contribution in [0.1, 0.15) is 41.7 Å². The molecule has 0 spiro atoms. The van der Waals surface area contributed by atoms with Crippen molar-refractivity contribution in [3.63, 3.8) is 0 Å². The molecule has 0 bridgehead atoms. The van der Waals surface area contributed by atoms with Gasteiger partial charge in [-0.25, -0.2) is 0 Å². The van der Waals surface area contributed by atoms with Crippen LogP contribution in [0.2, 0.25) is 0 Å². The van der Waals surface area contributed by atoms with Crippen LogP contribution >= 0.6 is 0 Å². The summed E-state index contributed by atoms with van der Waals surface area (Å²) in [7, 11) is 0. The van der Waals surface area contributed by atoms with E-state index in [0.717, 1.165) is 32.2 Å². The predicted octanol–water partition coefficient (Wildman–Crippen LogP) is 1.29. The van der Waals surface area contributed by atoms with Gasteiger partial charge in [-0.15, -0.1) is 0 Å². The molecule has 2 fully saturated rings. The molecule has 3 rings (SSSR count). The molecule has 1 amide bonds. The molecule has 0 aliphatic carbocycles. The third-order valence-electron chi connectivity index (χ3n) is 5.11. The number of nitrogens with zero attached hydrogens (tertiary/aromatic N) is 3. The zero-order valence-corrected chi connectivity index (χ0v) is 13.6. The number of rotatable bonds is 3. The molecule has 7 heteroatoms. The molecule has 24 heavy (non-hydrogen) atoms. The van der Waals surface area contributed by atoms with Crippen molar-refractivity contribution < 1.29 is 14.7 Å². The Labute approximate surface area is 140 Å². The first kappa shape index (κ1) is 16.5. The first-order chi connectivity index (χ1) is 11.6. The number of aromatic amines is 1. The second-order valence-electron chi connectivity index (χ2n) is 6.61. The molecule has 0 aromatic carbocycles. The Balaban J connectivity index is 1.54. The summed E-state index contributed by atoms with van der Waals surface area (Å²) in [6.45, 7) is 2.90. The lowest BCUT2D eigenvalue weighted by Crippen LogP contribution is -2.50. The fourth-order valence-electron chi connectivity index (χ4n) is 3.73. The zero-order valence-electron chi connectivity index (χ0n) is 13.6. The number of H-pyrrole nitrogens is 1. The van der Waals surface area contributed by atoms with Crippen LogP contribution in [0, 0.1) is 17.2 Å². The van der Waals surface area contributed by atoms with Crippen molar-refractivity contribution in [2.24, 2.45) is 5.92 Å². The van der Waals surface area contributed by atoms with Gasteiger partial charge in [-0.2, -0.15) is 5.26 Å². The number of piperidine rings is 2. The van der Waals surface area contributed by atoms with E-state index in [1.807, 2.05) is 11.0 Å². The summed E-state index contributed by atoms with van der Waals surface area (Å²) in [5.74, 6) is -1.04. The number of aromatic nitrogens is 1. The normalized spacial score (nSPS) is 23.0. The van der Waals surface area contributed by atoms with Gasteiger partial charge in [-0.05, 0) is 38.3 Å². The van der Waals surface area contributed by atoms with Gasteiger partial charge >= 0.3 is 5.97 Å². The van der Waals surface area contributed by atoms with Gasteiger partial charge in [0, 0.05) is 31.9 Å². The van der Waals surface area contributed by atoms with E-state index in [0.29, 0.717) is 36.9 Å². The molecule has 7 nitrogen and oxygen atoms in total. The van der Waals surface area contributed by atoms with Crippen molar-refractivity contribution in [2.45, 2.75) is 31.7 Å². The molecule has 2 aliphatic heterocycles. The van der Waals surface area contributed by atoms with Crippen LogP contribution in [0.25, 0.3) is 0 Å². The van der Waals surface area contributed by atoms with E-state index >= 15 is 0 Å². The molecule has 0 radical (unpaired) electrons. The maximum absolute atomic E-state index is 12.4. The maximum atomic E-state index is 12.4. The zero-order chi connectivity index (χ0) is 17.1. The van der Waals surface area contributed by atoms with Crippen LogP contribution in [0.15, 0.2) is 12.3 Å². The van der Waals surface area contributed by atoms with Crippen LogP contribution in [0.3, 0.4) is 0 Å². The number of nitriles is 1. The number of hydrogen-bond donors (Lipinski definition) is 2. The monoisotopic (exact) mass is 330 g/mol. The Morgan fingerprint density at radius 1 is 1.25 bits per heavy atom. The summed E-state index contributed by atoms with van der Waals surface area (Å²) >= 11 is 0. The summed E-state index contributed by atoms with van der Waals surface area (Å²) in [6.07, 6.45) is 4.96. The first-order valence-electron chi connectivity index (χ1n) is 8.43. The molecule has 1 aromatic heterocycles. The minimum atomic E-state index is -0.702. The number of amides is 1. The Bertz CT molecular complexity index is 655. The van der Waals surface area contributed by atoms with Crippen LogP contribution in [-0.2, 0) is 4.79 Å². The molecule has 2 N–H and O–H groups in total. The van der Waals surface area contributed by atoms with E-state index < -0.39 is 5.97 Å². The maximum Gasteiger partial charge on any atom is 0.307 e. The topological polar surface area (TPSA) is 100 Å². The van der Waals surface area contributed by atoms with E-state index in [-0.39, 0.29) is 11.8 Å². The third-order valence-corrected chi connectivity index (χ3v) is 5.11. The van der Waals surface area contributed by atoms with Gasteiger partial charge < -0.3 is 15.0 Å². The van der Waals surface area contributed by atoms with E-state index in [1.165, 1.54) is 0 Å². The summed E-state index contributed by atoms with van der Waals surface area (Å²) in [5.41, 5.74) is 0.912. The van der Waals surface area contributed by atoms with Crippen molar-refractivity contribution in [2.75, 3.05) is 26.2 Å². The number of carbonyl (C=O) groups excluding carboxylic acids is 1. The Kier molecular flexibility index (Phi) is 4.86. The van der Waals surface area contributed by atoms with Crippen molar-refractivity contribution in [1.29, 1.82) is 5.26 Å². The number of nitrogens with one attached hydrogen (secondary N) is 1. The quantitative estimate of drug-likeness (QED) is 0.870. The number of carboxylic acid groups (broad SMARTS) is 1. The summed E-state index contributed by atoms with van der Waals surface area (Å²) < 4.78 is 0. The van der Waals surface area contributed by atoms with Crippen molar-refractivity contribution in [3.8, 4) is 6.07 Å². The SMILES string of the molecule is N#Cc1c[nH]c(C(=O)N2CCC(N3CCC[C@H](C(=O)O)C3)CC2)c1. The van der Waals surface area contributed by atoms with Gasteiger partial charge in [0.25, 0.3) is 5.91 Å². The predicted molar refractivity (Wildman–Crippen MR) is 86.4 cm³/mol. The molecule has 0 unspecified atom stereocenters. The summed E-state index contributed by atoms with van der Waals surface area (Å²) in [4.78, 5) is 30.6. The fraction of sp³-hybridized carbons (Fsp3) is 0.588. The minimum absolute atomic E-state index is 0.0722. The lowest BCUT2D eigenvalue weighted by molar-refractivity contribution is -0.144. The van der Waals surface area contributed by atoms with E-state index in [4.69, 9.17) is 5.26 Å². The number of carboxylic acids is 1. The average Bonchev–Trinajstić information content (AvgIpc) is 3.10. The molecule has 2 aliphatic rings. The number of carbonyl (C=O) groups is 2. The molecule has 1 aromatic rings. The van der Waals surface area contributed by atoms with Crippen LogP contribution in [0.5, 0.6) is 0 Å². The van der Waals surface area contributed by atoms with Gasteiger partial charge in [0.15, 0.2) is 0 Å². The Hall–Kier alpha value is -2.33. The first-order valence-corrected chi connectivity index (χ1v) is 8.43. The highest BCUT2D eigenvalue weighted by Gasteiger charge is 2.32. The fourth-order valence-corrected chi connectivity index (χ4v) is 3.73. The second kappa shape index (κ2) is 7.05. The molecule has 128 valence electrons. The van der Waals surface area contributed by atoms with Gasteiger partial charge in [0.2, 0.25) is 0 Å². The van der Waals surface area contributed by atoms with Gasteiger partial charge in [-0.1, -0.05) is 0 Å². The highest BCUT2D eigenvalue weighted by molar-refractivity contribution is 5.92. The van der Waals surface area contributed by atoms with Crippen molar-refractivity contribution >= 4 is 11.9 Å². The van der Waals surface area contributed by atoms with Gasteiger partial charge in [0.05, 0.1) is 11.5 Å². The van der Waals surface area contributed by atoms with Crippen LogP contribution in [-0.4, -0.2) is 64.0 Å². The second-order valence-corrected chi connectivity index (χ2v) is 6.61. The number of aliphatic carboxylic acids is 1. The lowest BCUT2D eigenvalue weighted by atomic mass is 9.94.